The lowest BCUT2D eigenvalue weighted by atomic mass is 10.1. The van der Waals surface area contributed by atoms with E-state index in [1.54, 1.807) is 24.3 Å². The summed E-state index contributed by atoms with van der Waals surface area (Å²) >= 11 is 11.6. The first-order chi connectivity index (χ1) is 10.5. The van der Waals surface area contributed by atoms with E-state index < -0.39 is 5.82 Å². The molecule has 116 valence electrons. The number of ether oxygens (including phenoxy) is 1. The highest BCUT2D eigenvalue weighted by atomic mass is 35.5. The highest BCUT2D eigenvalue weighted by Gasteiger charge is 2.05. The Kier molecular flexibility index (Phi) is 6.04. The molecule has 0 spiro atoms. The third-order valence-corrected chi connectivity index (χ3v) is 3.40. The smallest absolute Gasteiger partial charge is 0.224 e. The molecule has 2 rings (SSSR count). The molecule has 2 aromatic rings. The van der Waals surface area contributed by atoms with Gasteiger partial charge in [0.2, 0.25) is 5.91 Å². The Bertz CT molecular complexity index is 647. The summed E-state index contributed by atoms with van der Waals surface area (Å²) in [5.74, 6) is -0.153. The standard InChI is InChI=1S/C16H14Cl2FNO2/c17-12-3-1-11(2-4-12)9-16(21)20-7-8-22-15-6-5-13(19)10-14(15)18/h1-6,10H,7-9H2,(H,20,21). The van der Waals surface area contributed by atoms with Crippen molar-refractivity contribution in [2.75, 3.05) is 13.2 Å². The molecular weight excluding hydrogens is 328 g/mol. The molecule has 22 heavy (non-hydrogen) atoms. The van der Waals surface area contributed by atoms with E-state index in [1.165, 1.54) is 18.2 Å². The minimum Gasteiger partial charge on any atom is -0.490 e. The van der Waals surface area contributed by atoms with Gasteiger partial charge < -0.3 is 10.1 Å². The molecule has 2 aromatic carbocycles. The van der Waals surface area contributed by atoms with Crippen LogP contribution in [0, 0.1) is 5.82 Å². The summed E-state index contributed by atoms with van der Waals surface area (Å²) < 4.78 is 18.2. The van der Waals surface area contributed by atoms with E-state index in [9.17, 15) is 9.18 Å². The van der Waals surface area contributed by atoms with Crippen LogP contribution in [-0.2, 0) is 11.2 Å². The van der Waals surface area contributed by atoms with Gasteiger partial charge in [-0.05, 0) is 35.9 Å². The number of carbonyl (C=O) groups excluding carboxylic acids is 1. The first kappa shape index (κ1) is 16.6. The fourth-order valence-corrected chi connectivity index (χ4v) is 2.14. The van der Waals surface area contributed by atoms with Crippen LogP contribution in [0.5, 0.6) is 5.75 Å². The van der Waals surface area contributed by atoms with E-state index in [0.717, 1.165) is 5.56 Å². The van der Waals surface area contributed by atoms with Crippen LogP contribution in [-0.4, -0.2) is 19.1 Å². The third-order valence-electron chi connectivity index (χ3n) is 2.85. The number of nitrogens with one attached hydrogen (secondary N) is 1. The van der Waals surface area contributed by atoms with Crippen LogP contribution in [0.3, 0.4) is 0 Å². The minimum absolute atomic E-state index is 0.115. The summed E-state index contributed by atoms with van der Waals surface area (Å²) in [4.78, 5) is 11.7. The minimum atomic E-state index is -0.423. The Labute approximate surface area is 138 Å². The van der Waals surface area contributed by atoms with E-state index in [2.05, 4.69) is 5.32 Å². The zero-order valence-corrected chi connectivity index (χ0v) is 13.1. The van der Waals surface area contributed by atoms with Gasteiger partial charge in [-0.25, -0.2) is 4.39 Å². The lowest BCUT2D eigenvalue weighted by Gasteiger charge is -2.09. The maximum atomic E-state index is 12.9. The third kappa shape index (κ3) is 5.20. The largest absolute Gasteiger partial charge is 0.490 e. The zero-order valence-electron chi connectivity index (χ0n) is 11.6. The quantitative estimate of drug-likeness (QED) is 0.810. The Hall–Kier alpha value is -1.78. The summed E-state index contributed by atoms with van der Waals surface area (Å²) in [6.45, 7) is 0.581. The van der Waals surface area contributed by atoms with Crippen molar-refractivity contribution < 1.29 is 13.9 Å². The van der Waals surface area contributed by atoms with E-state index in [0.29, 0.717) is 17.3 Å². The molecule has 0 aliphatic rings. The first-order valence-corrected chi connectivity index (χ1v) is 7.39. The van der Waals surface area contributed by atoms with Gasteiger partial charge in [0.15, 0.2) is 0 Å². The Morgan fingerprint density at radius 1 is 1.14 bits per heavy atom. The molecule has 0 aliphatic heterocycles. The Morgan fingerprint density at radius 2 is 1.86 bits per heavy atom. The zero-order chi connectivity index (χ0) is 15.9. The summed E-state index contributed by atoms with van der Waals surface area (Å²) in [5, 5.41) is 3.57. The lowest BCUT2D eigenvalue weighted by Crippen LogP contribution is -2.29. The van der Waals surface area contributed by atoms with Gasteiger partial charge in [-0.15, -0.1) is 0 Å². The Balaban J connectivity index is 1.72. The molecular formula is C16H14Cl2FNO2. The number of carbonyl (C=O) groups is 1. The normalized spacial score (nSPS) is 10.3. The highest BCUT2D eigenvalue weighted by molar-refractivity contribution is 6.32. The van der Waals surface area contributed by atoms with E-state index in [4.69, 9.17) is 27.9 Å². The number of rotatable bonds is 6. The van der Waals surface area contributed by atoms with Gasteiger partial charge >= 0.3 is 0 Å². The van der Waals surface area contributed by atoms with Crippen LogP contribution in [0.1, 0.15) is 5.56 Å². The van der Waals surface area contributed by atoms with Gasteiger partial charge in [0, 0.05) is 5.02 Å². The number of hydrogen-bond donors (Lipinski definition) is 1. The molecule has 0 aromatic heterocycles. The molecule has 0 radical (unpaired) electrons. The fourth-order valence-electron chi connectivity index (χ4n) is 1.79. The van der Waals surface area contributed by atoms with Gasteiger partial charge in [-0.2, -0.15) is 0 Å². The average molecular weight is 342 g/mol. The number of benzene rings is 2. The molecule has 1 amide bonds. The van der Waals surface area contributed by atoms with Crippen LogP contribution in [0.25, 0.3) is 0 Å². The monoisotopic (exact) mass is 341 g/mol. The fraction of sp³-hybridized carbons (Fsp3) is 0.188. The molecule has 0 aliphatic carbocycles. The van der Waals surface area contributed by atoms with Crippen molar-refractivity contribution in [2.45, 2.75) is 6.42 Å². The SMILES string of the molecule is O=C(Cc1ccc(Cl)cc1)NCCOc1ccc(F)cc1Cl. The predicted octanol–water partition coefficient (Wildman–Crippen LogP) is 3.87. The number of hydrogen-bond acceptors (Lipinski definition) is 2. The molecule has 0 saturated heterocycles. The van der Waals surface area contributed by atoms with Gasteiger partial charge in [0.25, 0.3) is 0 Å². The molecule has 3 nitrogen and oxygen atoms in total. The van der Waals surface area contributed by atoms with Crippen molar-refractivity contribution in [3.05, 3.63) is 63.9 Å². The van der Waals surface area contributed by atoms with Crippen molar-refractivity contribution in [3.63, 3.8) is 0 Å². The predicted molar refractivity (Wildman–Crippen MR) is 85.1 cm³/mol. The van der Waals surface area contributed by atoms with Crippen molar-refractivity contribution >= 4 is 29.1 Å². The van der Waals surface area contributed by atoms with Crippen molar-refractivity contribution in [1.82, 2.24) is 5.32 Å². The molecule has 0 unspecified atom stereocenters. The summed E-state index contributed by atoms with van der Waals surface area (Å²) in [5.41, 5.74) is 0.879. The van der Waals surface area contributed by atoms with E-state index >= 15 is 0 Å². The molecule has 0 atom stereocenters. The number of amides is 1. The lowest BCUT2D eigenvalue weighted by molar-refractivity contribution is -0.120. The summed E-state index contributed by atoms with van der Waals surface area (Å²) in [7, 11) is 0. The van der Waals surface area contributed by atoms with Crippen LogP contribution in [0.2, 0.25) is 10.0 Å². The Morgan fingerprint density at radius 3 is 2.55 bits per heavy atom. The van der Waals surface area contributed by atoms with Crippen molar-refractivity contribution in [1.29, 1.82) is 0 Å². The molecule has 1 N–H and O–H groups in total. The average Bonchev–Trinajstić information content (AvgIpc) is 2.48. The maximum Gasteiger partial charge on any atom is 0.224 e. The van der Waals surface area contributed by atoms with E-state index in [-0.39, 0.29) is 24.0 Å². The van der Waals surface area contributed by atoms with Gasteiger partial charge in [0.1, 0.15) is 18.2 Å². The van der Waals surface area contributed by atoms with Crippen molar-refractivity contribution in [2.24, 2.45) is 0 Å². The molecule has 0 bridgehead atoms. The summed E-state index contributed by atoms with van der Waals surface area (Å²) in [6.07, 6.45) is 0.272. The van der Waals surface area contributed by atoms with Crippen LogP contribution in [0.4, 0.5) is 4.39 Å². The second-order valence-electron chi connectivity index (χ2n) is 4.58. The van der Waals surface area contributed by atoms with E-state index in [1.807, 2.05) is 0 Å². The highest BCUT2D eigenvalue weighted by Crippen LogP contribution is 2.24. The molecule has 0 heterocycles. The molecule has 6 heteroatoms. The van der Waals surface area contributed by atoms with Gasteiger partial charge in [-0.3, -0.25) is 4.79 Å². The van der Waals surface area contributed by atoms with Crippen LogP contribution < -0.4 is 10.1 Å². The summed E-state index contributed by atoms with van der Waals surface area (Å²) in [6, 6.07) is 11.0. The van der Waals surface area contributed by atoms with Gasteiger partial charge in [-0.1, -0.05) is 35.3 Å². The van der Waals surface area contributed by atoms with Gasteiger partial charge in [0.05, 0.1) is 18.0 Å². The van der Waals surface area contributed by atoms with Crippen LogP contribution in [0.15, 0.2) is 42.5 Å². The second-order valence-corrected chi connectivity index (χ2v) is 5.42. The van der Waals surface area contributed by atoms with Crippen LogP contribution >= 0.6 is 23.2 Å². The number of halogens is 3. The second kappa shape index (κ2) is 8.01. The molecule has 0 saturated carbocycles. The topological polar surface area (TPSA) is 38.3 Å². The van der Waals surface area contributed by atoms with Crippen molar-refractivity contribution in [3.8, 4) is 5.75 Å². The first-order valence-electron chi connectivity index (χ1n) is 6.63. The molecule has 0 fully saturated rings. The maximum absolute atomic E-state index is 12.9.